The largest absolute Gasteiger partial charge is 0.409 e. The quantitative estimate of drug-likeness (QED) is 0.138. The number of amidine groups is 1. The number of nitrogens with two attached hydrogens (primary N) is 2. The van der Waals surface area contributed by atoms with Crippen LogP contribution < -0.4 is 16.8 Å². The fourth-order valence-electron chi connectivity index (χ4n) is 0.957. The average Bonchev–Trinajstić information content (AvgIpc) is 2.15. The van der Waals surface area contributed by atoms with E-state index in [0.717, 1.165) is 25.9 Å². The summed E-state index contributed by atoms with van der Waals surface area (Å²) in [5.74, 6) is -0.0348. The summed E-state index contributed by atoms with van der Waals surface area (Å²) in [5, 5.41) is 14.2. The van der Waals surface area contributed by atoms with Crippen molar-refractivity contribution in [2.75, 3.05) is 13.1 Å². The van der Waals surface area contributed by atoms with Gasteiger partial charge in [-0.2, -0.15) is 0 Å². The van der Waals surface area contributed by atoms with E-state index >= 15 is 0 Å². The zero-order valence-electron chi connectivity index (χ0n) is 8.20. The zero-order chi connectivity index (χ0) is 10.8. The maximum Gasteiger partial charge on any atom is 0.217 e. The second kappa shape index (κ2) is 8.31. The van der Waals surface area contributed by atoms with E-state index in [2.05, 4.69) is 10.5 Å². The molecule has 0 bridgehead atoms. The minimum Gasteiger partial charge on any atom is -0.409 e. The molecule has 0 spiro atoms. The molecular formula is C8H18N4O2. The Hall–Kier alpha value is -1.30. The van der Waals surface area contributed by atoms with Crippen molar-refractivity contribution in [3.8, 4) is 0 Å². The lowest BCUT2D eigenvalue weighted by molar-refractivity contribution is -0.118. The van der Waals surface area contributed by atoms with Gasteiger partial charge >= 0.3 is 0 Å². The summed E-state index contributed by atoms with van der Waals surface area (Å²) in [6.45, 7) is 1.55. The molecule has 0 unspecified atom stereocenters. The summed E-state index contributed by atoms with van der Waals surface area (Å²) in [6, 6.07) is 0. The molecule has 0 aliphatic carbocycles. The van der Waals surface area contributed by atoms with Crippen LogP contribution in [0.25, 0.3) is 0 Å². The van der Waals surface area contributed by atoms with Gasteiger partial charge in [0, 0.05) is 12.8 Å². The molecule has 6 heteroatoms. The highest BCUT2D eigenvalue weighted by atomic mass is 16.4. The molecule has 6 nitrogen and oxygen atoms in total. The Bertz CT molecular complexity index is 194. The van der Waals surface area contributed by atoms with Crippen molar-refractivity contribution in [3.63, 3.8) is 0 Å². The SMILES string of the molecule is NC(=O)CCCNCCCC(N)=NO. The third kappa shape index (κ3) is 8.79. The summed E-state index contributed by atoms with van der Waals surface area (Å²) in [5.41, 5.74) is 10.2. The molecule has 0 heterocycles. The van der Waals surface area contributed by atoms with E-state index < -0.39 is 0 Å². The maximum atomic E-state index is 10.4. The van der Waals surface area contributed by atoms with Crippen molar-refractivity contribution < 1.29 is 10.0 Å². The van der Waals surface area contributed by atoms with E-state index in [1.54, 1.807) is 0 Å². The van der Waals surface area contributed by atoms with Gasteiger partial charge in [0.15, 0.2) is 0 Å². The second-order valence-corrected chi connectivity index (χ2v) is 3.01. The van der Waals surface area contributed by atoms with Gasteiger partial charge in [-0.05, 0) is 25.9 Å². The molecule has 0 atom stereocenters. The van der Waals surface area contributed by atoms with E-state index in [-0.39, 0.29) is 11.7 Å². The molecule has 0 aromatic rings. The number of nitrogens with zero attached hydrogens (tertiary/aromatic N) is 1. The van der Waals surface area contributed by atoms with Crippen molar-refractivity contribution >= 4 is 11.7 Å². The van der Waals surface area contributed by atoms with Gasteiger partial charge in [0.25, 0.3) is 0 Å². The van der Waals surface area contributed by atoms with Gasteiger partial charge in [0.05, 0.1) is 0 Å². The van der Waals surface area contributed by atoms with E-state index in [9.17, 15) is 4.79 Å². The van der Waals surface area contributed by atoms with Crippen LogP contribution in [0.2, 0.25) is 0 Å². The van der Waals surface area contributed by atoms with Gasteiger partial charge < -0.3 is 22.0 Å². The molecule has 0 fully saturated rings. The van der Waals surface area contributed by atoms with Crippen LogP contribution in [0.3, 0.4) is 0 Å². The van der Waals surface area contributed by atoms with E-state index in [1.807, 2.05) is 0 Å². The van der Waals surface area contributed by atoms with Crippen LogP contribution in [0.15, 0.2) is 5.16 Å². The molecule has 0 rings (SSSR count). The van der Waals surface area contributed by atoms with Crippen molar-refractivity contribution in [1.29, 1.82) is 0 Å². The first-order valence-electron chi connectivity index (χ1n) is 4.62. The molecule has 0 aromatic heterocycles. The molecule has 0 aliphatic rings. The summed E-state index contributed by atoms with van der Waals surface area (Å²) < 4.78 is 0. The van der Waals surface area contributed by atoms with Crippen LogP contribution in [0.4, 0.5) is 0 Å². The molecule has 6 N–H and O–H groups in total. The van der Waals surface area contributed by atoms with Crippen LogP contribution in [0.1, 0.15) is 25.7 Å². The number of carbonyl (C=O) groups is 1. The zero-order valence-corrected chi connectivity index (χ0v) is 8.20. The van der Waals surface area contributed by atoms with Crippen LogP contribution in [0.5, 0.6) is 0 Å². The highest BCUT2D eigenvalue weighted by molar-refractivity contribution is 5.79. The van der Waals surface area contributed by atoms with Gasteiger partial charge in [-0.25, -0.2) is 0 Å². The first-order valence-corrected chi connectivity index (χ1v) is 4.62. The Labute approximate surface area is 83.3 Å². The Balaban J connectivity index is 3.10. The Morgan fingerprint density at radius 3 is 2.29 bits per heavy atom. The lowest BCUT2D eigenvalue weighted by Crippen LogP contribution is -2.21. The second-order valence-electron chi connectivity index (χ2n) is 3.01. The Kier molecular flexibility index (Phi) is 7.53. The number of hydrogen-bond donors (Lipinski definition) is 4. The van der Waals surface area contributed by atoms with Crippen molar-refractivity contribution in [1.82, 2.24) is 5.32 Å². The topological polar surface area (TPSA) is 114 Å². The van der Waals surface area contributed by atoms with Gasteiger partial charge in [-0.3, -0.25) is 4.79 Å². The number of primary amides is 1. The molecular weight excluding hydrogens is 184 g/mol. The van der Waals surface area contributed by atoms with Gasteiger partial charge in [0.2, 0.25) is 5.91 Å². The number of amides is 1. The minimum absolute atomic E-state index is 0.240. The highest BCUT2D eigenvalue weighted by Crippen LogP contribution is 1.88. The first kappa shape index (κ1) is 12.7. The fourth-order valence-corrected chi connectivity index (χ4v) is 0.957. The predicted molar refractivity (Wildman–Crippen MR) is 53.9 cm³/mol. The van der Waals surface area contributed by atoms with E-state index in [1.165, 1.54) is 0 Å². The molecule has 0 saturated carbocycles. The summed E-state index contributed by atoms with van der Waals surface area (Å²) in [6.07, 6.45) is 2.54. The minimum atomic E-state index is -0.275. The standard InChI is InChI=1S/C8H18N4O2/c9-7(12-14)3-1-5-11-6-2-4-8(10)13/h11,14H,1-6H2,(H2,9,12)(H2,10,13). The Morgan fingerprint density at radius 1 is 1.21 bits per heavy atom. The monoisotopic (exact) mass is 202 g/mol. The molecule has 14 heavy (non-hydrogen) atoms. The number of oxime groups is 1. The van der Waals surface area contributed by atoms with Gasteiger partial charge in [-0.1, -0.05) is 5.16 Å². The van der Waals surface area contributed by atoms with Crippen molar-refractivity contribution in [2.24, 2.45) is 16.6 Å². The number of rotatable bonds is 8. The van der Waals surface area contributed by atoms with Crippen LogP contribution in [0, 0.1) is 0 Å². The maximum absolute atomic E-state index is 10.4. The predicted octanol–water partition coefficient (Wildman–Crippen LogP) is -0.632. The molecule has 82 valence electrons. The lowest BCUT2D eigenvalue weighted by Gasteiger charge is -2.02. The molecule has 0 aromatic carbocycles. The molecule has 0 radical (unpaired) electrons. The van der Waals surface area contributed by atoms with Crippen LogP contribution in [-0.2, 0) is 4.79 Å². The smallest absolute Gasteiger partial charge is 0.217 e. The fraction of sp³-hybridized carbons (Fsp3) is 0.750. The summed E-state index contributed by atoms with van der Waals surface area (Å²) in [7, 11) is 0. The van der Waals surface area contributed by atoms with Crippen molar-refractivity contribution in [2.45, 2.75) is 25.7 Å². The van der Waals surface area contributed by atoms with Crippen LogP contribution in [-0.4, -0.2) is 30.0 Å². The van der Waals surface area contributed by atoms with Crippen molar-refractivity contribution in [3.05, 3.63) is 0 Å². The molecule has 1 amide bonds. The summed E-state index contributed by atoms with van der Waals surface area (Å²) >= 11 is 0. The number of hydrogen-bond acceptors (Lipinski definition) is 4. The Morgan fingerprint density at radius 2 is 1.79 bits per heavy atom. The van der Waals surface area contributed by atoms with Gasteiger partial charge in [-0.15, -0.1) is 0 Å². The van der Waals surface area contributed by atoms with Gasteiger partial charge in [0.1, 0.15) is 5.84 Å². The van der Waals surface area contributed by atoms with E-state index in [0.29, 0.717) is 12.8 Å². The average molecular weight is 202 g/mol. The van der Waals surface area contributed by atoms with Crippen LogP contribution >= 0.6 is 0 Å². The summed E-state index contributed by atoms with van der Waals surface area (Å²) in [4.78, 5) is 10.4. The highest BCUT2D eigenvalue weighted by Gasteiger charge is 1.95. The number of nitrogens with one attached hydrogen (secondary N) is 1. The normalized spacial score (nSPS) is 11.6. The molecule has 0 saturated heterocycles. The van der Waals surface area contributed by atoms with E-state index in [4.69, 9.17) is 16.7 Å². The molecule has 0 aliphatic heterocycles. The third-order valence-electron chi connectivity index (χ3n) is 1.69. The number of carbonyl (C=O) groups excluding carboxylic acids is 1. The lowest BCUT2D eigenvalue weighted by atomic mass is 10.2. The third-order valence-corrected chi connectivity index (χ3v) is 1.69. The first-order chi connectivity index (χ1) is 6.66.